The van der Waals surface area contributed by atoms with E-state index in [4.69, 9.17) is 14.4 Å². The molecule has 0 bridgehead atoms. The summed E-state index contributed by atoms with van der Waals surface area (Å²) in [6, 6.07) is 72.1. The predicted molar refractivity (Wildman–Crippen MR) is 237 cm³/mol. The second-order valence-corrected chi connectivity index (χ2v) is 22.6. The molecule has 0 radical (unpaired) electrons. The fraction of sp³-hybridized carbons (Fsp3) is 0. The molecule has 0 spiro atoms. The maximum atomic E-state index is 6.41. The summed E-state index contributed by atoms with van der Waals surface area (Å²) in [5.41, 5.74) is 10.5. The first kappa shape index (κ1) is 32.2. The van der Waals surface area contributed by atoms with Crippen molar-refractivity contribution in [3.63, 3.8) is 0 Å². The number of para-hydroxylation sites is 2. The van der Waals surface area contributed by atoms with Gasteiger partial charge in [0.15, 0.2) is 0 Å². The summed E-state index contributed by atoms with van der Waals surface area (Å²) in [5.74, 6) is 0.735. The van der Waals surface area contributed by atoms with Crippen molar-refractivity contribution >= 4 is 74.6 Å². The van der Waals surface area contributed by atoms with Gasteiger partial charge in [0.2, 0.25) is 0 Å². The molecule has 0 amide bonds. The molecule has 8 aromatic carbocycles. The van der Waals surface area contributed by atoms with Gasteiger partial charge >= 0.3 is 327 Å². The predicted octanol–water partition coefficient (Wildman–Crippen LogP) is 10.2. The third-order valence-electron chi connectivity index (χ3n) is 11.9. The Morgan fingerprint density at radius 2 is 1.05 bits per heavy atom. The molecule has 4 nitrogen and oxygen atoms in total. The van der Waals surface area contributed by atoms with Crippen molar-refractivity contribution < 1.29 is 4.42 Å². The van der Waals surface area contributed by atoms with Gasteiger partial charge in [-0.25, -0.2) is 0 Å². The van der Waals surface area contributed by atoms with Crippen LogP contribution in [-0.2, 0) is 0 Å². The minimum atomic E-state index is -3.69. The van der Waals surface area contributed by atoms with E-state index in [2.05, 4.69) is 193 Å². The van der Waals surface area contributed by atoms with E-state index in [0.717, 1.165) is 67.0 Å². The number of hydrogen-bond donors (Lipinski definition) is 0. The number of fused-ring (bicyclic) bond motifs is 10. The molecule has 1 aliphatic rings. The first-order chi connectivity index (χ1) is 28.3. The van der Waals surface area contributed by atoms with Gasteiger partial charge in [-0.15, -0.1) is 0 Å². The molecule has 0 unspecified atom stereocenters. The molecule has 0 saturated heterocycles. The first-order valence-electron chi connectivity index (χ1n) is 19.4. The van der Waals surface area contributed by atoms with Gasteiger partial charge in [0, 0.05) is 0 Å². The normalized spacial score (nSPS) is 13.1. The van der Waals surface area contributed by atoms with Crippen LogP contribution in [0.5, 0.6) is 0 Å². The van der Waals surface area contributed by atoms with E-state index in [9.17, 15) is 0 Å². The molecule has 57 heavy (non-hydrogen) atoms. The van der Waals surface area contributed by atoms with Gasteiger partial charge < -0.3 is 0 Å². The minimum absolute atomic E-state index is 0.735. The molecular formula is C52H33GeN3O. The second kappa shape index (κ2) is 12.5. The topological polar surface area (TPSA) is 43.9 Å². The van der Waals surface area contributed by atoms with Crippen LogP contribution in [0.25, 0.3) is 83.3 Å². The molecule has 4 heterocycles. The number of hydrogen-bond acceptors (Lipinski definition) is 3. The quantitative estimate of drug-likeness (QED) is 0.163. The number of aromatic nitrogens is 3. The van der Waals surface area contributed by atoms with Gasteiger partial charge in [-0.05, 0) is 0 Å². The molecular weight excluding hydrogens is 755 g/mol. The summed E-state index contributed by atoms with van der Waals surface area (Å²) in [6.07, 6.45) is 0. The maximum absolute atomic E-state index is 6.41. The van der Waals surface area contributed by atoms with Gasteiger partial charge in [0.25, 0.3) is 0 Å². The van der Waals surface area contributed by atoms with Crippen molar-refractivity contribution in [1.29, 1.82) is 0 Å². The van der Waals surface area contributed by atoms with E-state index in [-0.39, 0.29) is 0 Å². The number of benzene rings is 8. The molecule has 0 aliphatic carbocycles. The van der Waals surface area contributed by atoms with Gasteiger partial charge in [0.05, 0.1) is 0 Å². The molecule has 12 rings (SSSR count). The standard InChI is InChI=1S/C52H33GeN3O/c1-4-16-35(17-5-1)52-54-49(48-50(55-52)41-23-10-13-25-43(41)53(48,36-18-6-2-7-19-36)37-20-8-3-9-21-37)34-28-30-38(31-29-34)56-44-26-14-11-22-39(44)40-32-33-46-47(51(40)56)42-24-12-15-27-45(42)57-46/h1-33H. The molecule has 3 aromatic heterocycles. The van der Waals surface area contributed by atoms with Crippen LogP contribution in [0.15, 0.2) is 205 Å². The van der Waals surface area contributed by atoms with E-state index < -0.39 is 13.3 Å². The SMILES string of the molecule is c1ccc(-c2nc(-c3ccc(-n4c5ccccc5c5ccc6oc7ccccc7c6c54)cc3)[c]3c(n2)-c2cccc[c]2[Ge]3([c]2ccccc2)[c]2ccccc2)cc1. The van der Waals surface area contributed by atoms with E-state index in [1.54, 1.807) is 0 Å². The Labute approximate surface area is 331 Å². The van der Waals surface area contributed by atoms with Crippen LogP contribution in [-0.4, -0.2) is 27.8 Å². The van der Waals surface area contributed by atoms with Gasteiger partial charge in [0.1, 0.15) is 0 Å². The Morgan fingerprint density at radius 3 is 1.81 bits per heavy atom. The summed E-state index contributed by atoms with van der Waals surface area (Å²) >= 11 is -3.69. The molecule has 0 fully saturated rings. The molecule has 0 atom stereocenters. The van der Waals surface area contributed by atoms with Crippen molar-refractivity contribution in [2.24, 2.45) is 0 Å². The van der Waals surface area contributed by atoms with Crippen LogP contribution in [0.4, 0.5) is 0 Å². The van der Waals surface area contributed by atoms with Crippen LogP contribution in [0.1, 0.15) is 0 Å². The van der Waals surface area contributed by atoms with Gasteiger partial charge in [-0.2, -0.15) is 0 Å². The van der Waals surface area contributed by atoms with Crippen molar-refractivity contribution in [3.05, 3.63) is 200 Å². The zero-order valence-electron chi connectivity index (χ0n) is 30.8. The Kier molecular flexibility index (Phi) is 7.07. The van der Waals surface area contributed by atoms with Crippen molar-refractivity contribution in [2.75, 3.05) is 0 Å². The van der Waals surface area contributed by atoms with Crippen LogP contribution in [0.3, 0.4) is 0 Å². The van der Waals surface area contributed by atoms with E-state index in [1.807, 2.05) is 12.1 Å². The van der Waals surface area contributed by atoms with Gasteiger partial charge in [-0.1, -0.05) is 6.07 Å². The fourth-order valence-corrected chi connectivity index (χ4v) is 20.5. The van der Waals surface area contributed by atoms with Crippen LogP contribution >= 0.6 is 0 Å². The summed E-state index contributed by atoms with van der Waals surface area (Å²) < 4.78 is 14.2. The zero-order chi connectivity index (χ0) is 37.5. The van der Waals surface area contributed by atoms with Crippen molar-refractivity contribution in [2.45, 2.75) is 0 Å². The molecule has 266 valence electrons. The Bertz CT molecular complexity index is 3300. The van der Waals surface area contributed by atoms with Gasteiger partial charge in [-0.3, -0.25) is 0 Å². The van der Waals surface area contributed by atoms with Crippen LogP contribution in [0, 0.1) is 0 Å². The zero-order valence-corrected chi connectivity index (χ0v) is 32.9. The Hall–Kier alpha value is -7.02. The summed E-state index contributed by atoms with van der Waals surface area (Å²) in [7, 11) is 0. The van der Waals surface area contributed by atoms with Crippen LogP contribution < -0.4 is 17.6 Å². The molecule has 0 saturated carbocycles. The van der Waals surface area contributed by atoms with E-state index >= 15 is 0 Å². The average molecular weight is 788 g/mol. The van der Waals surface area contributed by atoms with Crippen molar-refractivity contribution in [1.82, 2.24) is 14.5 Å². The molecule has 5 heteroatoms. The third-order valence-corrected chi connectivity index (χ3v) is 22.1. The molecule has 11 aromatic rings. The Balaban J connectivity index is 1.15. The number of nitrogens with zero attached hydrogens (tertiary/aromatic N) is 3. The second-order valence-electron chi connectivity index (χ2n) is 14.8. The number of furan rings is 1. The number of rotatable bonds is 5. The summed E-state index contributed by atoms with van der Waals surface area (Å²) in [5, 5.41) is 4.67. The van der Waals surface area contributed by atoms with Crippen molar-refractivity contribution in [3.8, 4) is 39.6 Å². The van der Waals surface area contributed by atoms with E-state index in [0.29, 0.717) is 0 Å². The molecule has 0 N–H and O–H groups in total. The summed E-state index contributed by atoms with van der Waals surface area (Å²) in [6.45, 7) is 0. The third kappa shape index (κ3) is 4.62. The van der Waals surface area contributed by atoms with E-state index in [1.165, 1.54) is 33.9 Å². The Morgan fingerprint density at radius 1 is 0.439 bits per heavy atom. The summed E-state index contributed by atoms with van der Waals surface area (Å²) in [4.78, 5) is 11.1. The molecule has 1 aliphatic heterocycles. The van der Waals surface area contributed by atoms with Crippen LogP contribution in [0.2, 0.25) is 0 Å². The first-order valence-corrected chi connectivity index (χ1v) is 23.6. The average Bonchev–Trinajstić information content (AvgIpc) is 3.94. The monoisotopic (exact) mass is 789 g/mol. The fourth-order valence-electron chi connectivity index (χ4n) is 9.53.